The predicted octanol–water partition coefficient (Wildman–Crippen LogP) is 4.71. The molecule has 5 nitrogen and oxygen atoms in total. The van der Waals surface area contributed by atoms with Crippen molar-refractivity contribution in [1.82, 2.24) is 10.2 Å². The highest BCUT2D eigenvalue weighted by Gasteiger charge is 2.59. The van der Waals surface area contributed by atoms with Crippen LogP contribution in [0.15, 0.2) is 35.9 Å². The van der Waals surface area contributed by atoms with Gasteiger partial charge in [0.1, 0.15) is 11.3 Å². The van der Waals surface area contributed by atoms with Gasteiger partial charge in [-0.05, 0) is 67.8 Å². The molecule has 33 heavy (non-hydrogen) atoms. The number of nitrogens with one attached hydrogen (secondary N) is 1. The van der Waals surface area contributed by atoms with Crippen LogP contribution in [-0.4, -0.2) is 36.9 Å². The summed E-state index contributed by atoms with van der Waals surface area (Å²) in [7, 11) is 3.53. The molecule has 178 valence electrons. The Morgan fingerprint density at radius 2 is 1.91 bits per heavy atom. The Balaban J connectivity index is 1.42. The number of fused-ring (bicyclic) bond motifs is 5. The smallest absolute Gasteiger partial charge is 0.259 e. The molecule has 0 radical (unpaired) electrons. The maximum Gasteiger partial charge on any atom is 0.259 e. The van der Waals surface area contributed by atoms with Gasteiger partial charge in [-0.25, -0.2) is 0 Å². The topological polar surface area (TPSA) is 58.6 Å². The van der Waals surface area contributed by atoms with E-state index in [9.17, 15) is 9.59 Å². The number of carbonyl (C=O) groups is 2. The van der Waals surface area contributed by atoms with Gasteiger partial charge in [0.2, 0.25) is 0 Å². The average molecular weight is 451 g/mol. The first-order valence-corrected chi connectivity index (χ1v) is 12.7. The molecule has 6 atom stereocenters. The molecular weight excluding hydrogens is 412 g/mol. The van der Waals surface area contributed by atoms with E-state index >= 15 is 0 Å². The van der Waals surface area contributed by atoms with E-state index < -0.39 is 0 Å². The van der Waals surface area contributed by atoms with Crippen LogP contribution in [0.3, 0.4) is 0 Å². The van der Waals surface area contributed by atoms with Crippen LogP contribution < -0.4 is 10.1 Å². The molecule has 5 heteroatoms. The van der Waals surface area contributed by atoms with Crippen LogP contribution in [0, 0.1) is 28.6 Å². The Hall–Kier alpha value is -2.30. The van der Waals surface area contributed by atoms with E-state index in [-0.39, 0.29) is 23.3 Å². The molecule has 1 aliphatic heterocycles. The van der Waals surface area contributed by atoms with Gasteiger partial charge in [-0.2, -0.15) is 0 Å². The number of ether oxygens (including phenoxy) is 1. The predicted molar refractivity (Wildman–Crippen MR) is 128 cm³/mol. The van der Waals surface area contributed by atoms with Crippen LogP contribution in [0.2, 0.25) is 0 Å². The Bertz CT molecular complexity index is 987. The lowest BCUT2D eigenvalue weighted by atomic mass is 9.48. The Morgan fingerprint density at radius 1 is 1.12 bits per heavy atom. The fourth-order valence-electron chi connectivity index (χ4n) is 8.16. The molecule has 0 aromatic heterocycles. The van der Waals surface area contributed by atoms with Crippen LogP contribution in [0.1, 0.15) is 64.4 Å². The van der Waals surface area contributed by atoms with E-state index in [1.54, 1.807) is 7.11 Å². The lowest BCUT2D eigenvalue weighted by Crippen LogP contribution is -2.61. The largest absolute Gasteiger partial charge is 0.496 e. The quantitative estimate of drug-likeness (QED) is 0.676. The summed E-state index contributed by atoms with van der Waals surface area (Å²) in [6.07, 6.45) is 10.9. The first-order valence-electron chi connectivity index (χ1n) is 12.7. The van der Waals surface area contributed by atoms with Gasteiger partial charge in [-0.1, -0.05) is 44.5 Å². The molecule has 1 N–H and O–H groups in total. The molecule has 2 amide bonds. The van der Waals surface area contributed by atoms with Crippen LogP contribution >= 0.6 is 0 Å². The van der Waals surface area contributed by atoms with E-state index in [4.69, 9.17) is 4.74 Å². The maximum absolute atomic E-state index is 13.3. The molecule has 0 spiro atoms. The normalized spacial score (nSPS) is 37.5. The minimum atomic E-state index is -0.277. The molecule has 3 saturated carbocycles. The fraction of sp³-hybridized carbons (Fsp3) is 0.643. The SMILES string of the molecule is COc1ccccc1CNC(=O)C1=C[C@@]2(C)C(CC[C@@H]3[C@H]2CC[C@]2(C)CCC[C@@H]32)N(C)C1=O. The lowest BCUT2D eigenvalue weighted by Gasteiger charge is -2.60. The van der Waals surface area contributed by atoms with Gasteiger partial charge in [0.15, 0.2) is 0 Å². The summed E-state index contributed by atoms with van der Waals surface area (Å²) in [5, 5.41) is 2.99. The summed E-state index contributed by atoms with van der Waals surface area (Å²) in [5.41, 5.74) is 1.57. The van der Waals surface area contributed by atoms with Gasteiger partial charge in [-0.15, -0.1) is 0 Å². The van der Waals surface area contributed by atoms with Gasteiger partial charge in [-0.3, -0.25) is 9.59 Å². The number of para-hydroxylation sites is 1. The van der Waals surface area contributed by atoms with Crippen LogP contribution in [-0.2, 0) is 16.1 Å². The minimum absolute atomic E-state index is 0.144. The van der Waals surface area contributed by atoms with Crippen LogP contribution in [0.25, 0.3) is 0 Å². The number of amides is 2. The summed E-state index contributed by atoms with van der Waals surface area (Å²) in [5.74, 6) is 2.37. The van der Waals surface area contributed by atoms with E-state index in [2.05, 4.69) is 25.2 Å². The lowest BCUT2D eigenvalue weighted by molar-refractivity contribution is -0.141. The average Bonchev–Trinajstić information content (AvgIpc) is 3.22. The second-order valence-electron chi connectivity index (χ2n) is 11.4. The first kappa shape index (κ1) is 22.5. The van der Waals surface area contributed by atoms with Crippen molar-refractivity contribution in [2.45, 2.75) is 71.4 Å². The number of carbonyl (C=O) groups excluding carboxylic acids is 2. The highest BCUT2D eigenvalue weighted by molar-refractivity contribution is 6.19. The van der Waals surface area contributed by atoms with Gasteiger partial charge < -0.3 is 15.0 Å². The van der Waals surface area contributed by atoms with Gasteiger partial charge in [0.05, 0.1) is 7.11 Å². The minimum Gasteiger partial charge on any atom is -0.496 e. The third-order valence-electron chi connectivity index (χ3n) is 9.86. The van der Waals surface area contributed by atoms with Crippen molar-refractivity contribution in [1.29, 1.82) is 0 Å². The first-order chi connectivity index (χ1) is 15.8. The van der Waals surface area contributed by atoms with E-state index in [0.717, 1.165) is 23.7 Å². The standard InChI is InChI=1S/C28H38N2O3/c1-27-14-7-9-21(27)19-11-12-24-28(2,22(19)13-15-27)16-20(26(32)30(24)3)25(31)29-17-18-8-5-6-10-23(18)33-4/h5-6,8,10,16,19,21-22,24H,7,9,11-15,17H2,1-4H3,(H,29,31)/t19-,21-,22+,24?,27-,28+/m0/s1. The third-order valence-corrected chi connectivity index (χ3v) is 9.86. The Kier molecular flexibility index (Phi) is 5.57. The number of likely N-dealkylation sites (N-methyl/N-ethyl adjacent to an activating group) is 1. The molecule has 3 fully saturated rings. The fourth-order valence-corrected chi connectivity index (χ4v) is 8.16. The zero-order chi connectivity index (χ0) is 23.4. The number of hydrogen-bond acceptors (Lipinski definition) is 3. The van der Waals surface area contributed by atoms with E-state index in [0.29, 0.717) is 29.4 Å². The Morgan fingerprint density at radius 3 is 2.70 bits per heavy atom. The van der Waals surface area contributed by atoms with Crippen molar-refractivity contribution in [3.8, 4) is 5.75 Å². The van der Waals surface area contributed by atoms with Gasteiger partial charge in [0.25, 0.3) is 11.8 Å². The molecule has 1 unspecified atom stereocenters. The summed E-state index contributed by atoms with van der Waals surface area (Å²) in [4.78, 5) is 28.4. The van der Waals surface area contributed by atoms with Crippen molar-refractivity contribution in [3.63, 3.8) is 0 Å². The molecular formula is C28H38N2O3. The van der Waals surface area contributed by atoms with E-state index in [1.807, 2.05) is 36.2 Å². The van der Waals surface area contributed by atoms with Crippen molar-refractivity contribution < 1.29 is 14.3 Å². The summed E-state index contributed by atoms with van der Waals surface area (Å²) in [6.45, 7) is 5.17. The molecule has 1 heterocycles. The molecule has 3 aliphatic carbocycles. The molecule has 0 saturated heterocycles. The van der Waals surface area contributed by atoms with Crippen molar-refractivity contribution in [2.75, 3.05) is 14.2 Å². The third kappa shape index (κ3) is 3.50. The zero-order valence-electron chi connectivity index (χ0n) is 20.5. The summed E-state index contributed by atoms with van der Waals surface area (Å²) < 4.78 is 5.41. The molecule has 1 aromatic rings. The number of nitrogens with zero attached hydrogens (tertiary/aromatic N) is 1. The highest BCUT2D eigenvalue weighted by Crippen LogP contribution is 2.64. The second-order valence-corrected chi connectivity index (χ2v) is 11.4. The monoisotopic (exact) mass is 450 g/mol. The summed E-state index contributed by atoms with van der Waals surface area (Å²) in [6, 6.07) is 7.84. The number of benzene rings is 1. The number of rotatable bonds is 4. The van der Waals surface area contributed by atoms with Crippen LogP contribution in [0.4, 0.5) is 0 Å². The highest BCUT2D eigenvalue weighted by atomic mass is 16.5. The number of methoxy groups -OCH3 is 1. The Labute approximate surface area is 197 Å². The summed E-state index contributed by atoms with van der Waals surface area (Å²) >= 11 is 0. The maximum atomic E-state index is 13.3. The zero-order valence-corrected chi connectivity index (χ0v) is 20.5. The van der Waals surface area contributed by atoms with Crippen LogP contribution in [0.5, 0.6) is 5.75 Å². The molecule has 0 bridgehead atoms. The van der Waals surface area contributed by atoms with Crippen molar-refractivity contribution in [3.05, 3.63) is 41.5 Å². The second kappa shape index (κ2) is 8.18. The molecule has 4 aliphatic rings. The molecule has 1 aromatic carbocycles. The molecule has 5 rings (SSSR count). The van der Waals surface area contributed by atoms with Gasteiger partial charge >= 0.3 is 0 Å². The van der Waals surface area contributed by atoms with Crippen molar-refractivity contribution in [2.24, 2.45) is 28.6 Å². The van der Waals surface area contributed by atoms with E-state index in [1.165, 1.54) is 38.5 Å². The van der Waals surface area contributed by atoms with Gasteiger partial charge in [0, 0.05) is 30.6 Å². The van der Waals surface area contributed by atoms with Crippen molar-refractivity contribution >= 4 is 11.8 Å². The number of hydrogen-bond donors (Lipinski definition) is 1.